The fraction of sp³-hybridized carbons (Fsp3) is 0.423. The third kappa shape index (κ3) is 5.52. The van der Waals surface area contributed by atoms with Crippen molar-refractivity contribution in [2.24, 2.45) is 11.8 Å². The Kier molecular flexibility index (Phi) is 7.06. The van der Waals surface area contributed by atoms with Gasteiger partial charge in [-0.25, -0.2) is 4.39 Å². The van der Waals surface area contributed by atoms with Gasteiger partial charge in [0.1, 0.15) is 11.9 Å². The summed E-state index contributed by atoms with van der Waals surface area (Å²) < 4.78 is 53.7. The maximum absolute atomic E-state index is 14.7. The molecule has 0 unspecified atom stereocenters. The van der Waals surface area contributed by atoms with E-state index < -0.39 is 41.5 Å². The summed E-state index contributed by atoms with van der Waals surface area (Å²) >= 11 is 0. The summed E-state index contributed by atoms with van der Waals surface area (Å²) in [5.74, 6) is -2.36. The summed E-state index contributed by atoms with van der Waals surface area (Å²) in [5, 5.41) is 5.44. The fourth-order valence-electron chi connectivity index (χ4n) is 4.73. The van der Waals surface area contributed by atoms with E-state index in [0.29, 0.717) is 37.6 Å². The van der Waals surface area contributed by atoms with Crippen LogP contribution in [0.3, 0.4) is 0 Å². The molecular formula is C26H27F4N3O3. The van der Waals surface area contributed by atoms with E-state index in [1.165, 1.54) is 11.8 Å². The Morgan fingerprint density at radius 3 is 2.39 bits per heavy atom. The predicted molar refractivity (Wildman–Crippen MR) is 124 cm³/mol. The van der Waals surface area contributed by atoms with E-state index in [-0.39, 0.29) is 28.9 Å². The second-order valence-electron chi connectivity index (χ2n) is 9.60. The highest BCUT2D eigenvalue weighted by molar-refractivity contribution is 6.05. The largest absolute Gasteiger partial charge is 0.416 e. The minimum absolute atomic E-state index is 0.00113. The molecule has 1 heterocycles. The zero-order valence-electron chi connectivity index (χ0n) is 19.9. The highest BCUT2D eigenvalue weighted by Crippen LogP contribution is 2.43. The number of anilines is 1. The van der Waals surface area contributed by atoms with Crippen LogP contribution in [0.4, 0.5) is 23.2 Å². The van der Waals surface area contributed by atoms with Crippen molar-refractivity contribution >= 4 is 23.4 Å². The van der Waals surface area contributed by atoms with Crippen LogP contribution in [0.15, 0.2) is 42.5 Å². The average Bonchev–Trinajstić information content (AvgIpc) is 3.57. The van der Waals surface area contributed by atoms with Crippen molar-refractivity contribution < 1.29 is 31.9 Å². The third-order valence-electron chi connectivity index (χ3n) is 6.60. The minimum atomic E-state index is -4.67. The van der Waals surface area contributed by atoms with Gasteiger partial charge in [-0.2, -0.15) is 13.2 Å². The lowest BCUT2D eigenvalue weighted by Gasteiger charge is -2.28. The van der Waals surface area contributed by atoms with Crippen LogP contribution >= 0.6 is 0 Å². The smallest absolute Gasteiger partial charge is 0.347 e. The number of halogens is 4. The monoisotopic (exact) mass is 505 g/mol. The minimum Gasteiger partial charge on any atom is -0.347 e. The zero-order valence-corrected chi connectivity index (χ0v) is 19.9. The molecule has 10 heteroatoms. The molecule has 1 aliphatic carbocycles. The molecule has 0 radical (unpaired) electrons. The van der Waals surface area contributed by atoms with Crippen molar-refractivity contribution in [3.8, 4) is 0 Å². The molecule has 192 valence electrons. The molecular weight excluding hydrogens is 478 g/mol. The maximum Gasteiger partial charge on any atom is 0.416 e. The van der Waals surface area contributed by atoms with E-state index in [4.69, 9.17) is 0 Å². The molecule has 1 aliphatic heterocycles. The van der Waals surface area contributed by atoms with Crippen molar-refractivity contribution in [2.75, 3.05) is 11.9 Å². The molecule has 1 saturated carbocycles. The molecule has 2 aromatic carbocycles. The molecule has 6 nitrogen and oxygen atoms in total. The number of alkyl halides is 3. The first-order chi connectivity index (χ1) is 17.0. The normalized spacial score (nSPS) is 20.7. The van der Waals surface area contributed by atoms with Gasteiger partial charge in [-0.15, -0.1) is 0 Å². The van der Waals surface area contributed by atoms with Gasteiger partial charge in [0.05, 0.1) is 22.9 Å². The number of carbonyl (C=O) groups excluding carboxylic acids is 3. The zero-order chi connectivity index (χ0) is 26.2. The number of amides is 3. The Morgan fingerprint density at radius 2 is 1.78 bits per heavy atom. The summed E-state index contributed by atoms with van der Waals surface area (Å²) in [7, 11) is 0. The van der Waals surface area contributed by atoms with Gasteiger partial charge in [-0.3, -0.25) is 14.4 Å². The predicted octanol–water partition coefficient (Wildman–Crippen LogP) is 4.92. The standard InChI is InChI=1S/C26H27F4N3O3/c1-14-11-22(33(13-14)25(36)19-5-3-4-6-21(19)31-15(2)34)24(35)32-23(16-7-8-16)18-10-9-17(12-20(18)27)26(28,29)30/h3-6,9-10,12,14,16,22-23H,7-8,11,13H2,1-2H3,(H,31,34)(H,32,35)/t14-,22-,23-/m1/s1. The van der Waals surface area contributed by atoms with E-state index >= 15 is 0 Å². The van der Waals surface area contributed by atoms with Crippen molar-refractivity contribution in [1.29, 1.82) is 0 Å². The molecule has 0 bridgehead atoms. The van der Waals surface area contributed by atoms with Crippen LogP contribution in [-0.4, -0.2) is 35.2 Å². The number of hydrogen-bond donors (Lipinski definition) is 2. The summed E-state index contributed by atoms with van der Waals surface area (Å²) in [6, 6.07) is 7.20. The summed E-state index contributed by atoms with van der Waals surface area (Å²) in [4.78, 5) is 39.8. The molecule has 36 heavy (non-hydrogen) atoms. The highest BCUT2D eigenvalue weighted by atomic mass is 19.4. The van der Waals surface area contributed by atoms with Crippen LogP contribution in [-0.2, 0) is 15.8 Å². The molecule has 2 N–H and O–H groups in total. The van der Waals surface area contributed by atoms with Crippen LogP contribution in [0.25, 0.3) is 0 Å². The van der Waals surface area contributed by atoms with Gasteiger partial charge >= 0.3 is 6.18 Å². The summed E-state index contributed by atoms with van der Waals surface area (Å²) in [5.41, 5.74) is -0.522. The number of benzene rings is 2. The second-order valence-corrected chi connectivity index (χ2v) is 9.60. The molecule has 0 spiro atoms. The lowest BCUT2D eigenvalue weighted by molar-refractivity contribution is -0.137. The third-order valence-corrected chi connectivity index (χ3v) is 6.60. The topological polar surface area (TPSA) is 78.5 Å². The molecule has 2 fully saturated rings. The Hall–Kier alpha value is -3.43. The van der Waals surface area contributed by atoms with Crippen LogP contribution in [0.2, 0.25) is 0 Å². The van der Waals surface area contributed by atoms with E-state index in [0.717, 1.165) is 12.1 Å². The first kappa shape index (κ1) is 25.7. The van der Waals surface area contributed by atoms with Crippen molar-refractivity contribution in [3.63, 3.8) is 0 Å². The lowest BCUT2D eigenvalue weighted by Crippen LogP contribution is -2.47. The molecule has 1 saturated heterocycles. The number of likely N-dealkylation sites (tertiary alicyclic amines) is 1. The Labute approximate surface area is 206 Å². The fourth-order valence-corrected chi connectivity index (χ4v) is 4.73. The Morgan fingerprint density at radius 1 is 1.08 bits per heavy atom. The number of carbonyl (C=O) groups is 3. The van der Waals surface area contributed by atoms with Gasteiger partial charge in [-0.1, -0.05) is 25.1 Å². The number of nitrogens with zero attached hydrogens (tertiary/aromatic N) is 1. The van der Waals surface area contributed by atoms with Gasteiger partial charge in [0, 0.05) is 19.0 Å². The summed E-state index contributed by atoms with van der Waals surface area (Å²) in [6.07, 6.45) is -2.88. The Bertz CT molecular complexity index is 1180. The van der Waals surface area contributed by atoms with E-state index in [1.807, 2.05) is 6.92 Å². The Balaban J connectivity index is 1.57. The van der Waals surface area contributed by atoms with Gasteiger partial charge in [0.25, 0.3) is 5.91 Å². The molecule has 0 aromatic heterocycles. The summed E-state index contributed by atoms with van der Waals surface area (Å²) in [6.45, 7) is 3.54. The first-order valence-corrected chi connectivity index (χ1v) is 11.8. The molecule has 2 aliphatic rings. The maximum atomic E-state index is 14.7. The van der Waals surface area contributed by atoms with Crippen LogP contribution in [0, 0.1) is 17.7 Å². The first-order valence-electron chi connectivity index (χ1n) is 11.8. The molecule has 2 aromatic rings. The van der Waals surface area contributed by atoms with Crippen LogP contribution in [0.1, 0.15) is 60.6 Å². The van der Waals surface area contributed by atoms with Gasteiger partial charge in [0.15, 0.2) is 0 Å². The van der Waals surface area contributed by atoms with E-state index in [1.54, 1.807) is 24.3 Å². The quantitative estimate of drug-likeness (QED) is 0.547. The SMILES string of the molecule is CC(=O)Nc1ccccc1C(=O)N1C[C@H](C)C[C@@H]1C(=O)N[C@@H](c1ccc(C(F)(F)F)cc1F)C1CC1. The molecule has 3 atom stereocenters. The van der Waals surface area contributed by atoms with Gasteiger partial charge in [0.2, 0.25) is 11.8 Å². The number of hydrogen-bond acceptors (Lipinski definition) is 3. The average molecular weight is 506 g/mol. The second kappa shape index (κ2) is 9.91. The number of para-hydroxylation sites is 1. The van der Waals surface area contributed by atoms with Gasteiger partial charge < -0.3 is 15.5 Å². The van der Waals surface area contributed by atoms with Crippen LogP contribution < -0.4 is 10.6 Å². The molecule has 3 amide bonds. The number of rotatable bonds is 6. The van der Waals surface area contributed by atoms with E-state index in [9.17, 15) is 31.9 Å². The van der Waals surface area contributed by atoms with Crippen molar-refractivity contribution in [2.45, 2.75) is 51.4 Å². The molecule has 4 rings (SSSR count). The number of nitrogens with one attached hydrogen (secondary N) is 2. The lowest BCUT2D eigenvalue weighted by atomic mass is 9.98. The van der Waals surface area contributed by atoms with E-state index in [2.05, 4.69) is 10.6 Å². The van der Waals surface area contributed by atoms with Crippen LogP contribution in [0.5, 0.6) is 0 Å². The van der Waals surface area contributed by atoms with Gasteiger partial charge in [-0.05, 0) is 55.4 Å². The van der Waals surface area contributed by atoms with Crippen molar-refractivity contribution in [3.05, 3.63) is 65.0 Å². The highest BCUT2D eigenvalue weighted by Gasteiger charge is 2.42. The van der Waals surface area contributed by atoms with Crippen molar-refractivity contribution in [1.82, 2.24) is 10.2 Å².